The quantitative estimate of drug-likeness (QED) is 0.885. The molecule has 0 saturated heterocycles. The molecule has 1 saturated carbocycles. The van der Waals surface area contributed by atoms with Gasteiger partial charge in [0, 0.05) is 24.3 Å². The van der Waals surface area contributed by atoms with Crippen molar-refractivity contribution in [2.24, 2.45) is 5.73 Å². The van der Waals surface area contributed by atoms with Crippen molar-refractivity contribution in [3.63, 3.8) is 0 Å². The van der Waals surface area contributed by atoms with Gasteiger partial charge in [0.15, 0.2) is 4.96 Å². The molecule has 0 bridgehead atoms. The van der Waals surface area contributed by atoms with Gasteiger partial charge in [-0.3, -0.25) is 14.0 Å². The Morgan fingerprint density at radius 1 is 1.48 bits per heavy atom. The van der Waals surface area contributed by atoms with Crippen LogP contribution >= 0.6 is 23.7 Å². The largest absolute Gasteiger partial charge is 0.345 e. The molecule has 0 aliphatic heterocycles. The molecule has 0 atom stereocenters. The van der Waals surface area contributed by atoms with Crippen molar-refractivity contribution in [3.8, 4) is 0 Å². The number of halogens is 1. The number of aromatic nitrogens is 2. The summed E-state index contributed by atoms with van der Waals surface area (Å²) in [6.45, 7) is 0.397. The summed E-state index contributed by atoms with van der Waals surface area (Å²) in [5, 5.41) is 4.71. The number of carbonyl (C=O) groups excluding carboxylic acids is 1. The van der Waals surface area contributed by atoms with Gasteiger partial charge in [-0.1, -0.05) is 12.8 Å². The maximum Gasteiger partial charge on any atom is 0.271 e. The first-order chi connectivity index (χ1) is 9.65. The van der Waals surface area contributed by atoms with E-state index in [1.54, 1.807) is 11.6 Å². The number of nitrogens with two attached hydrogens (primary N) is 1. The van der Waals surface area contributed by atoms with E-state index in [4.69, 9.17) is 5.73 Å². The van der Waals surface area contributed by atoms with Crippen LogP contribution in [0.2, 0.25) is 0 Å². The lowest BCUT2D eigenvalue weighted by atomic mass is 9.97. The predicted molar refractivity (Wildman–Crippen MR) is 84.3 cm³/mol. The van der Waals surface area contributed by atoms with Crippen molar-refractivity contribution in [2.45, 2.75) is 31.2 Å². The summed E-state index contributed by atoms with van der Waals surface area (Å²) < 4.78 is 1.39. The molecule has 6 nitrogen and oxygen atoms in total. The fourth-order valence-corrected chi connectivity index (χ4v) is 3.40. The summed E-state index contributed by atoms with van der Waals surface area (Å²) >= 11 is 1.36. The zero-order chi connectivity index (χ0) is 14.2. The minimum Gasteiger partial charge on any atom is -0.345 e. The van der Waals surface area contributed by atoms with Crippen molar-refractivity contribution in [1.29, 1.82) is 0 Å². The van der Waals surface area contributed by atoms with Crippen LogP contribution in [0.1, 0.15) is 36.0 Å². The van der Waals surface area contributed by atoms with Crippen LogP contribution in [-0.2, 0) is 0 Å². The number of carbonyl (C=O) groups is 1. The van der Waals surface area contributed by atoms with Crippen LogP contribution in [-0.4, -0.2) is 27.4 Å². The number of nitrogens with one attached hydrogen (secondary N) is 1. The Morgan fingerprint density at radius 3 is 2.86 bits per heavy atom. The van der Waals surface area contributed by atoms with Crippen LogP contribution in [0.3, 0.4) is 0 Å². The lowest BCUT2D eigenvalue weighted by Gasteiger charge is -2.28. The van der Waals surface area contributed by atoms with Gasteiger partial charge in [-0.15, -0.1) is 23.7 Å². The molecule has 1 fully saturated rings. The third-order valence-corrected chi connectivity index (χ3v) is 4.69. The fourth-order valence-electron chi connectivity index (χ4n) is 2.72. The summed E-state index contributed by atoms with van der Waals surface area (Å²) in [5.41, 5.74) is 5.17. The summed E-state index contributed by atoms with van der Waals surface area (Å²) in [6, 6.07) is 0. The van der Waals surface area contributed by atoms with Crippen molar-refractivity contribution in [2.75, 3.05) is 6.54 Å². The van der Waals surface area contributed by atoms with Crippen LogP contribution in [0.15, 0.2) is 22.6 Å². The van der Waals surface area contributed by atoms with Crippen molar-refractivity contribution < 1.29 is 4.79 Å². The third-order valence-electron chi connectivity index (χ3n) is 3.92. The van der Waals surface area contributed by atoms with Gasteiger partial charge in [0.1, 0.15) is 5.56 Å². The molecule has 2 heterocycles. The van der Waals surface area contributed by atoms with E-state index in [9.17, 15) is 9.59 Å². The summed E-state index contributed by atoms with van der Waals surface area (Å²) in [7, 11) is 0. The highest BCUT2D eigenvalue weighted by molar-refractivity contribution is 7.15. The molecular weight excluding hydrogens is 312 g/mol. The number of hydrogen-bond acceptors (Lipinski definition) is 5. The first kappa shape index (κ1) is 15.9. The smallest absolute Gasteiger partial charge is 0.271 e. The molecule has 3 rings (SSSR count). The average Bonchev–Trinajstić information content (AvgIpc) is 3.08. The molecule has 21 heavy (non-hydrogen) atoms. The molecule has 2 aromatic heterocycles. The number of fused-ring (bicyclic) bond motifs is 1. The Hall–Kier alpha value is -1.44. The first-order valence-electron chi connectivity index (χ1n) is 6.63. The van der Waals surface area contributed by atoms with Gasteiger partial charge < -0.3 is 11.1 Å². The van der Waals surface area contributed by atoms with Gasteiger partial charge >= 0.3 is 0 Å². The highest BCUT2D eigenvalue weighted by Gasteiger charge is 2.34. The SMILES string of the molecule is Cl.NCC1(NC(=O)c2cnc3sccn3c2=O)CCCC1. The first-order valence-corrected chi connectivity index (χ1v) is 7.51. The molecule has 1 aliphatic rings. The summed E-state index contributed by atoms with van der Waals surface area (Å²) in [6.07, 6.45) is 6.81. The fraction of sp³-hybridized carbons (Fsp3) is 0.462. The third kappa shape index (κ3) is 2.81. The van der Waals surface area contributed by atoms with Crippen LogP contribution in [0.4, 0.5) is 0 Å². The molecule has 2 aromatic rings. The molecule has 1 aliphatic carbocycles. The van der Waals surface area contributed by atoms with E-state index in [1.165, 1.54) is 21.9 Å². The van der Waals surface area contributed by atoms with Crippen molar-refractivity contribution in [1.82, 2.24) is 14.7 Å². The molecule has 0 radical (unpaired) electrons. The molecular formula is C13H17ClN4O2S. The van der Waals surface area contributed by atoms with Crippen molar-refractivity contribution >= 4 is 34.6 Å². The topological polar surface area (TPSA) is 89.5 Å². The Kier molecular flexibility index (Phi) is 4.65. The molecule has 0 unspecified atom stereocenters. The Bertz CT molecular complexity index is 706. The van der Waals surface area contributed by atoms with Crippen LogP contribution in [0, 0.1) is 0 Å². The van der Waals surface area contributed by atoms with Crippen molar-refractivity contribution in [3.05, 3.63) is 33.7 Å². The molecule has 114 valence electrons. The molecule has 0 aromatic carbocycles. The Balaban J connectivity index is 0.00000161. The van der Waals surface area contributed by atoms with E-state index in [0.717, 1.165) is 25.7 Å². The van der Waals surface area contributed by atoms with E-state index in [2.05, 4.69) is 10.3 Å². The van der Waals surface area contributed by atoms with Gasteiger partial charge in [-0.05, 0) is 12.8 Å². The zero-order valence-electron chi connectivity index (χ0n) is 11.4. The molecule has 0 spiro atoms. The minimum atomic E-state index is -0.379. The van der Waals surface area contributed by atoms with Gasteiger partial charge in [-0.2, -0.15) is 0 Å². The minimum absolute atomic E-state index is 0. The van der Waals surface area contributed by atoms with E-state index < -0.39 is 0 Å². The standard InChI is InChI=1S/C13H16N4O2S.ClH/c14-8-13(3-1-2-4-13)16-10(18)9-7-15-12-17(11(9)19)5-6-20-12;/h5-7H,1-4,8,14H2,(H,16,18);1H. The predicted octanol–water partition coefficient (Wildman–Crippen LogP) is 1.18. The van der Waals surface area contributed by atoms with E-state index in [1.807, 2.05) is 0 Å². The Morgan fingerprint density at radius 2 is 2.19 bits per heavy atom. The van der Waals surface area contributed by atoms with E-state index >= 15 is 0 Å². The second-order valence-electron chi connectivity index (χ2n) is 5.18. The highest BCUT2D eigenvalue weighted by Crippen LogP contribution is 2.28. The summed E-state index contributed by atoms with van der Waals surface area (Å²) in [4.78, 5) is 29.3. The normalized spacial score (nSPS) is 16.6. The van der Waals surface area contributed by atoms with Crippen LogP contribution in [0.5, 0.6) is 0 Å². The van der Waals surface area contributed by atoms with Gasteiger partial charge in [0.05, 0.1) is 5.54 Å². The monoisotopic (exact) mass is 328 g/mol. The maximum absolute atomic E-state index is 12.3. The number of nitrogens with zero attached hydrogens (tertiary/aromatic N) is 2. The summed E-state index contributed by atoms with van der Waals surface area (Å²) in [5.74, 6) is -0.379. The number of amides is 1. The van der Waals surface area contributed by atoms with Gasteiger partial charge in [0.25, 0.3) is 11.5 Å². The van der Waals surface area contributed by atoms with E-state index in [-0.39, 0.29) is 35.0 Å². The lowest BCUT2D eigenvalue weighted by Crippen LogP contribution is -2.52. The lowest BCUT2D eigenvalue weighted by molar-refractivity contribution is 0.0901. The molecule has 1 amide bonds. The van der Waals surface area contributed by atoms with Crippen LogP contribution in [0.25, 0.3) is 4.96 Å². The highest BCUT2D eigenvalue weighted by atomic mass is 35.5. The Labute approximate surface area is 131 Å². The van der Waals surface area contributed by atoms with Crippen LogP contribution < -0.4 is 16.6 Å². The number of rotatable bonds is 3. The van der Waals surface area contributed by atoms with E-state index in [0.29, 0.717) is 11.5 Å². The van der Waals surface area contributed by atoms with Gasteiger partial charge in [-0.25, -0.2) is 4.98 Å². The molecule has 3 N–H and O–H groups in total. The maximum atomic E-state index is 12.3. The average molecular weight is 329 g/mol. The molecule has 8 heteroatoms. The zero-order valence-corrected chi connectivity index (χ0v) is 13.0. The second-order valence-corrected chi connectivity index (χ2v) is 6.05. The number of hydrogen-bond donors (Lipinski definition) is 2. The van der Waals surface area contributed by atoms with Gasteiger partial charge in [0.2, 0.25) is 0 Å². The number of thiazole rings is 1. The second kappa shape index (κ2) is 6.13.